The van der Waals surface area contributed by atoms with E-state index in [9.17, 15) is 0 Å². The summed E-state index contributed by atoms with van der Waals surface area (Å²) in [5, 5.41) is 4.42. The fourth-order valence-electron chi connectivity index (χ4n) is 2.66. The largest absolute Gasteiger partial charge is 0.370 e. The highest BCUT2D eigenvalue weighted by atomic mass is 35.5. The average Bonchev–Trinajstić information content (AvgIpc) is 2.61. The third-order valence-corrected chi connectivity index (χ3v) is 4.30. The van der Waals surface area contributed by atoms with Gasteiger partial charge in [0.25, 0.3) is 0 Å². The standard InChI is InChI=1S/C17H28ClN3/c1-17(2,3)19-13-14-15(18)7-5-8-16(14)21-10-6-9-20(4)11-12-21/h5,7-8,19H,6,9-13H2,1-4H3. The van der Waals surface area contributed by atoms with Crippen molar-refractivity contribution < 1.29 is 0 Å². The Kier molecular flexibility index (Phi) is 5.53. The summed E-state index contributed by atoms with van der Waals surface area (Å²) in [4.78, 5) is 4.88. The highest BCUT2D eigenvalue weighted by Gasteiger charge is 2.18. The van der Waals surface area contributed by atoms with Crippen LogP contribution in [-0.2, 0) is 6.54 Å². The summed E-state index contributed by atoms with van der Waals surface area (Å²) in [7, 11) is 2.20. The van der Waals surface area contributed by atoms with E-state index < -0.39 is 0 Å². The van der Waals surface area contributed by atoms with Gasteiger partial charge in [0.1, 0.15) is 0 Å². The van der Waals surface area contributed by atoms with E-state index in [2.05, 4.69) is 55.1 Å². The average molecular weight is 310 g/mol. The molecule has 1 aliphatic heterocycles. The minimum Gasteiger partial charge on any atom is -0.370 e. The number of likely N-dealkylation sites (N-methyl/N-ethyl adjacent to an activating group) is 1. The second-order valence-corrected chi connectivity index (χ2v) is 7.39. The molecule has 1 aromatic rings. The van der Waals surface area contributed by atoms with E-state index in [4.69, 9.17) is 11.6 Å². The van der Waals surface area contributed by atoms with Crippen LogP contribution >= 0.6 is 11.6 Å². The zero-order chi connectivity index (χ0) is 15.5. The van der Waals surface area contributed by atoms with E-state index in [1.165, 1.54) is 24.2 Å². The van der Waals surface area contributed by atoms with Gasteiger partial charge in [0.15, 0.2) is 0 Å². The molecule has 1 aliphatic rings. The van der Waals surface area contributed by atoms with Crippen molar-refractivity contribution in [2.75, 3.05) is 38.1 Å². The Labute approximate surface area is 134 Å². The molecule has 1 saturated heterocycles. The van der Waals surface area contributed by atoms with Gasteiger partial charge in [-0.2, -0.15) is 0 Å². The lowest BCUT2D eigenvalue weighted by molar-refractivity contribution is 0.360. The van der Waals surface area contributed by atoms with E-state index in [1.807, 2.05) is 6.07 Å². The van der Waals surface area contributed by atoms with E-state index in [0.717, 1.165) is 31.2 Å². The van der Waals surface area contributed by atoms with Crippen LogP contribution < -0.4 is 10.2 Å². The first-order chi connectivity index (χ1) is 9.87. The van der Waals surface area contributed by atoms with Crippen molar-refractivity contribution in [3.63, 3.8) is 0 Å². The molecule has 4 heteroatoms. The number of nitrogens with one attached hydrogen (secondary N) is 1. The van der Waals surface area contributed by atoms with Gasteiger partial charge in [-0.15, -0.1) is 0 Å². The van der Waals surface area contributed by atoms with E-state index >= 15 is 0 Å². The third kappa shape index (κ3) is 4.87. The van der Waals surface area contributed by atoms with Gasteiger partial charge in [0.2, 0.25) is 0 Å². The number of anilines is 1. The van der Waals surface area contributed by atoms with Crippen LogP contribution in [0.5, 0.6) is 0 Å². The normalized spacial score (nSPS) is 17.9. The molecule has 0 aromatic heterocycles. The van der Waals surface area contributed by atoms with Crippen molar-refractivity contribution >= 4 is 17.3 Å². The Morgan fingerprint density at radius 3 is 2.62 bits per heavy atom. The Hall–Kier alpha value is -0.770. The maximum atomic E-state index is 6.47. The molecule has 118 valence electrons. The van der Waals surface area contributed by atoms with Gasteiger partial charge in [-0.3, -0.25) is 0 Å². The second-order valence-electron chi connectivity index (χ2n) is 6.98. The maximum absolute atomic E-state index is 6.47. The molecule has 21 heavy (non-hydrogen) atoms. The smallest absolute Gasteiger partial charge is 0.0471 e. The molecule has 1 fully saturated rings. The number of nitrogens with zero attached hydrogens (tertiary/aromatic N) is 2. The number of hydrogen-bond donors (Lipinski definition) is 1. The van der Waals surface area contributed by atoms with Crippen molar-refractivity contribution in [2.45, 2.75) is 39.3 Å². The van der Waals surface area contributed by atoms with Gasteiger partial charge in [0, 0.05) is 48.0 Å². The number of benzene rings is 1. The van der Waals surface area contributed by atoms with Crippen LogP contribution in [0.3, 0.4) is 0 Å². The van der Waals surface area contributed by atoms with Gasteiger partial charge >= 0.3 is 0 Å². The minimum absolute atomic E-state index is 0.0927. The summed E-state index contributed by atoms with van der Waals surface area (Å²) in [6.45, 7) is 11.8. The second kappa shape index (κ2) is 6.99. The first-order valence-corrected chi connectivity index (χ1v) is 8.20. The summed E-state index contributed by atoms with van der Waals surface area (Å²) in [5.41, 5.74) is 2.60. The van der Waals surface area contributed by atoms with Gasteiger partial charge in [-0.25, -0.2) is 0 Å². The van der Waals surface area contributed by atoms with E-state index in [0.29, 0.717) is 0 Å². The molecule has 0 aliphatic carbocycles. The molecule has 0 atom stereocenters. The molecule has 0 spiro atoms. The molecule has 0 radical (unpaired) electrons. The zero-order valence-electron chi connectivity index (χ0n) is 13.7. The van der Waals surface area contributed by atoms with Gasteiger partial charge in [0.05, 0.1) is 0 Å². The molecule has 0 saturated carbocycles. The maximum Gasteiger partial charge on any atom is 0.0471 e. The third-order valence-electron chi connectivity index (χ3n) is 3.95. The van der Waals surface area contributed by atoms with E-state index in [-0.39, 0.29) is 5.54 Å². The van der Waals surface area contributed by atoms with Crippen LogP contribution in [-0.4, -0.2) is 43.7 Å². The van der Waals surface area contributed by atoms with Crippen molar-refractivity contribution in [1.29, 1.82) is 0 Å². The molecule has 1 heterocycles. The SMILES string of the molecule is CN1CCCN(c2cccc(Cl)c2CNC(C)(C)C)CC1. The van der Waals surface area contributed by atoms with Crippen LogP contribution in [0.25, 0.3) is 0 Å². The van der Waals surface area contributed by atoms with Crippen LogP contribution in [0.4, 0.5) is 5.69 Å². The van der Waals surface area contributed by atoms with Crippen LogP contribution in [0, 0.1) is 0 Å². The van der Waals surface area contributed by atoms with Crippen LogP contribution in [0.1, 0.15) is 32.8 Å². The van der Waals surface area contributed by atoms with Crippen LogP contribution in [0.2, 0.25) is 5.02 Å². The molecular weight excluding hydrogens is 282 g/mol. The summed E-state index contributed by atoms with van der Waals surface area (Å²) in [6.07, 6.45) is 1.20. The van der Waals surface area contributed by atoms with Crippen molar-refractivity contribution in [2.24, 2.45) is 0 Å². The minimum atomic E-state index is 0.0927. The van der Waals surface area contributed by atoms with E-state index in [1.54, 1.807) is 0 Å². The predicted molar refractivity (Wildman–Crippen MR) is 92.4 cm³/mol. The summed E-state index contributed by atoms with van der Waals surface area (Å²) in [5.74, 6) is 0. The topological polar surface area (TPSA) is 18.5 Å². The molecule has 2 rings (SSSR count). The molecule has 1 N–H and O–H groups in total. The summed E-state index contributed by atoms with van der Waals surface area (Å²) in [6, 6.07) is 6.26. The Morgan fingerprint density at radius 2 is 1.90 bits per heavy atom. The summed E-state index contributed by atoms with van der Waals surface area (Å²) < 4.78 is 0. The molecule has 0 bridgehead atoms. The number of hydrogen-bond acceptors (Lipinski definition) is 3. The Bertz CT molecular complexity index is 468. The zero-order valence-corrected chi connectivity index (χ0v) is 14.5. The highest BCUT2D eigenvalue weighted by Crippen LogP contribution is 2.28. The Balaban J connectivity index is 2.20. The fourth-order valence-corrected chi connectivity index (χ4v) is 2.90. The first kappa shape index (κ1) is 16.6. The molecule has 1 aromatic carbocycles. The number of rotatable bonds is 3. The van der Waals surface area contributed by atoms with Gasteiger partial charge in [-0.05, 0) is 52.9 Å². The summed E-state index contributed by atoms with van der Waals surface area (Å²) >= 11 is 6.47. The first-order valence-electron chi connectivity index (χ1n) is 7.83. The lowest BCUT2D eigenvalue weighted by atomic mass is 10.1. The molecule has 0 unspecified atom stereocenters. The van der Waals surface area contributed by atoms with Gasteiger partial charge < -0.3 is 15.1 Å². The lowest BCUT2D eigenvalue weighted by Gasteiger charge is -2.28. The molecule has 3 nitrogen and oxygen atoms in total. The van der Waals surface area contributed by atoms with Gasteiger partial charge in [-0.1, -0.05) is 17.7 Å². The highest BCUT2D eigenvalue weighted by molar-refractivity contribution is 6.31. The number of halogens is 1. The predicted octanol–water partition coefficient (Wildman–Crippen LogP) is 3.37. The van der Waals surface area contributed by atoms with Crippen LogP contribution in [0.15, 0.2) is 18.2 Å². The Morgan fingerprint density at radius 1 is 1.14 bits per heavy atom. The molecular formula is C17H28ClN3. The lowest BCUT2D eigenvalue weighted by Crippen LogP contribution is -2.36. The van der Waals surface area contributed by atoms with Crippen molar-refractivity contribution in [3.8, 4) is 0 Å². The monoisotopic (exact) mass is 309 g/mol. The quantitative estimate of drug-likeness (QED) is 0.923. The fraction of sp³-hybridized carbons (Fsp3) is 0.647. The molecule has 0 amide bonds. The van der Waals surface area contributed by atoms with Crippen molar-refractivity contribution in [1.82, 2.24) is 10.2 Å². The van der Waals surface area contributed by atoms with Crippen molar-refractivity contribution in [3.05, 3.63) is 28.8 Å².